The average molecular weight is 387 g/mol. The molecule has 0 radical (unpaired) electrons. The van der Waals surface area contributed by atoms with Crippen molar-refractivity contribution in [3.05, 3.63) is 18.0 Å². The molecule has 1 unspecified atom stereocenters. The van der Waals surface area contributed by atoms with E-state index in [1.54, 1.807) is 10.9 Å². The van der Waals surface area contributed by atoms with Gasteiger partial charge in [0.15, 0.2) is 0 Å². The maximum Gasteiger partial charge on any atom is 0.257 e. The van der Waals surface area contributed by atoms with Gasteiger partial charge >= 0.3 is 0 Å². The summed E-state index contributed by atoms with van der Waals surface area (Å²) in [5.41, 5.74) is 1.01. The third-order valence-electron chi connectivity index (χ3n) is 7.63. The highest BCUT2D eigenvalue weighted by atomic mass is 16.5. The fourth-order valence-electron chi connectivity index (χ4n) is 5.73. The molecule has 1 atom stereocenters. The van der Waals surface area contributed by atoms with Crippen LogP contribution in [0.15, 0.2) is 12.4 Å². The summed E-state index contributed by atoms with van der Waals surface area (Å²) in [7, 11) is 1.86. The van der Waals surface area contributed by atoms with E-state index in [-0.39, 0.29) is 5.91 Å². The van der Waals surface area contributed by atoms with Crippen LogP contribution in [0.3, 0.4) is 0 Å². The number of hydrogen-bond acceptors (Lipinski definition) is 4. The van der Waals surface area contributed by atoms with Crippen LogP contribution in [0.4, 0.5) is 0 Å². The zero-order valence-electron chi connectivity index (χ0n) is 17.2. The van der Waals surface area contributed by atoms with Crippen molar-refractivity contribution in [3.8, 4) is 0 Å². The second kappa shape index (κ2) is 7.45. The predicted octanol–water partition coefficient (Wildman–Crippen LogP) is 2.84. The fourth-order valence-corrected chi connectivity index (χ4v) is 5.73. The Labute approximate surface area is 168 Å². The van der Waals surface area contributed by atoms with Gasteiger partial charge in [0.1, 0.15) is 0 Å². The third-order valence-corrected chi connectivity index (χ3v) is 7.63. The number of ether oxygens (including phenoxy) is 1. The van der Waals surface area contributed by atoms with Crippen LogP contribution in [0.2, 0.25) is 0 Å². The molecule has 1 amide bonds. The molecule has 2 saturated heterocycles. The number of nitrogens with zero attached hydrogens (tertiary/aromatic N) is 4. The Morgan fingerprint density at radius 1 is 1.18 bits per heavy atom. The molecule has 0 N–H and O–H groups in total. The molecule has 3 heterocycles. The molecule has 2 saturated carbocycles. The first-order valence-corrected chi connectivity index (χ1v) is 11.3. The number of aryl methyl sites for hydroxylation is 1. The summed E-state index contributed by atoms with van der Waals surface area (Å²) in [6, 6.07) is 0.608. The van der Waals surface area contributed by atoms with Crippen LogP contribution in [0.5, 0.6) is 0 Å². The molecule has 154 valence electrons. The van der Waals surface area contributed by atoms with Crippen molar-refractivity contribution in [2.45, 2.75) is 75.5 Å². The van der Waals surface area contributed by atoms with Gasteiger partial charge in [0.05, 0.1) is 17.9 Å². The number of carbonyl (C=O) groups is 1. The molecule has 4 fully saturated rings. The van der Waals surface area contributed by atoms with E-state index in [0.29, 0.717) is 23.2 Å². The van der Waals surface area contributed by atoms with E-state index in [9.17, 15) is 4.79 Å². The molecular weight excluding hydrogens is 352 g/mol. The zero-order chi connectivity index (χ0) is 19.1. The molecule has 4 aliphatic rings. The number of aromatic nitrogens is 2. The van der Waals surface area contributed by atoms with E-state index in [2.05, 4.69) is 10.00 Å². The van der Waals surface area contributed by atoms with E-state index in [1.165, 1.54) is 44.9 Å². The van der Waals surface area contributed by atoms with E-state index in [4.69, 9.17) is 4.74 Å². The van der Waals surface area contributed by atoms with Crippen molar-refractivity contribution in [1.82, 2.24) is 19.6 Å². The minimum atomic E-state index is 0.133. The summed E-state index contributed by atoms with van der Waals surface area (Å²) >= 11 is 0. The van der Waals surface area contributed by atoms with Crippen LogP contribution >= 0.6 is 0 Å². The second-order valence-corrected chi connectivity index (χ2v) is 9.51. The molecule has 0 aromatic carbocycles. The molecule has 0 bridgehead atoms. The summed E-state index contributed by atoms with van der Waals surface area (Å²) in [5.74, 6) is 0.976. The largest absolute Gasteiger partial charge is 0.375 e. The van der Waals surface area contributed by atoms with Gasteiger partial charge in [-0.25, -0.2) is 0 Å². The van der Waals surface area contributed by atoms with Gasteiger partial charge in [0.25, 0.3) is 5.91 Å². The lowest BCUT2D eigenvalue weighted by atomic mass is 9.69. The van der Waals surface area contributed by atoms with Crippen molar-refractivity contribution in [1.29, 1.82) is 0 Å². The van der Waals surface area contributed by atoms with E-state index >= 15 is 0 Å². The second-order valence-electron chi connectivity index (χ2n) is 9.51. The molecule has 5 rings (SSSR count). The van der Waals surface area contributed by atoms with Gasteiger partial charge < -0.3 is 9.64 Å². The molecule has 28 heavy (non-hydrogen) atoms. The Morgan fingerprint density at radius 2 is 1.93 bits per heavy atom. The van der Waals surface area contributed by atoms with Crippen molar-refractivity contribution in [2.24, 2.45) is 13.0 Å². The highest BCUT2D eigenvalue weighted by Crippen LogP contribution is 2.48. The lowest BCUT2D eigenvalue weighted by molar-refractivity contribution is -0.202. The van der Waals surface area contributed by atoms with E-state index in [0.717, 1.165) is 45.0 Å². The molecule has 1 aromatic heterocycles. The Hall–Kier alpha value is -1.40. The maximum absolute atomic E-state index is 12.7. The lowest BCUT2D eigenvalue weighted by Crippen LogP contribution is -2.75. The third kappa shape index (κ3) is 3.39. The predicted molar refractivity (Wildman–Crippen MR) is 107 cm³/mol. The van der Waals surface area contributed by atoms with Gasteiger partial charge in [-0.15, -0.1) is 0 Å². The standard InChI is InChI=1S/C22H34N4O2/c1-24-14-18(13-23-24)21(27)25-11-7-19(8-12-25)26-15-20(28-16-17-5-6-17)22(26)9-3-2-4-10-22/h13-14,17,19-20H,2-12,15-16H2,1H3. The van der Waals surface area contributed by atoms with Gasteiger partial charge in [-0.3, -0.25) is 14.4 Å². The van der Waals surface area contributed by atoms with Crippen molar-refractivity contribution in [2.75, 3.05) is 26.2 Å². The van der Waals surface area contributed by atoms with Gasteiger partial charge in [-0.05, 0) is 44.4 Å². The van der Waals surface area contributed by atoms with Crippen molar-refractivity contribution >= 4 is 5.91 Å². The smallest absolute Gasteiger partial charge is 0.257 e. The maximum atomic E-state index is 12.7. The molecule has 1 aromatic rings. The fraction of sp³-hybridized carbons (Fsp3) is 0.818. The minimum absolute atomic E-state index is 0.133. The minimum Gasteiger partial charge on any atom is -0.375 e. The summed E-state index contributed by atoms with van der Waals surface area (Å²) in [6.07, 6.45) is 15.5. The Balaban J connectivity index is 1.20. The average Bonchev–Trinajstić information content (AvgIpc) is 3.46. The van der Waals surface area contributed by atoms with E-state index < -0.39 is 0 Å². The summed E-state index contributed by atoms with van der Waals surface area (Å²) in [6.45, 7) is 3.81. The van der Waals surface area contributed by atoms with E-state index in [1.807, 2.05) is 18.1 Å². The van der Waals surface area contributed by atoms with Crippen LogP contribution in [0.1, 0.15) is 68.1 Å². The van der Waals surface area contributed by atoms with Crippen molar-refractivity contribution < 1.29 is 9.53 Å². The number of likely N-dealkylation sites (tertiary alicyclic amines) is 2. The SMILES string of the molecule is Cn1cc(C(=O)N2CCC(N3CC(OCC4CC4)C34CCCCC4)CC2)cn1. The van der Waals surface area contributed by atoms with Gasteiger partial charge in [0, 0.05) is 51.1 Å². The molecular formula is C22H34N4O2. The number of hydrogen-bond donors (Lipinski definition) is 0. The summed E-state index contributed by atoms with van der Waals surface area (Å²) in [5, 5.41) is 4.14. The number of rotatable bonds is 5. The first-order valence-electron chi connectivity index (χ1n) is 11.3. The van der Waals surface area contributed by atoms with Crippen LogP contribution < -0.4 is 0 Å². The Bertz CT molecular complexity index is 699. The van der Waals surface area contributed by atoms with Gasteiger partial charge in [0.2, 0.25) is 0 Å². The van der Waals surface area contributed by atoms with Crippen molar-refractivity contribution in [3.63, 3.8) is 0 Å². The Kier molecular flexibility index (Phi) is 4.95. The summed E-state index contributed by atoms with van der Waals surface area (Å²) < 4.78 is 8.12. The van der Waals surface area contributed by atoms with Gasteiger partial charge in [-0.1, -0.05) is 19.3 Å². The molecule has 1 spiro atoms. The van der Waals surface area contributed by atoms with Crippen LogP contribution in [0.25, 0.3) is 0 Å². The van der Waals surface area contributed by atoms with Gasteiger partial charge in [-0.2, -0.15) is 5.10 Å². The normalized spacial score (nSPS) is 28.5. The van der Waals surface area contributed by atoms with Crippen LogP contribution in [-0.4, -0.2) is 69.4 Å². The molecule has 2 aliphatic heterocycles. The Morgan fingerprint density at radius 3 is 2.57 bits per heavy atom. The quantitative estimate of drug-likeness (QED) is 0.781. The first kappa shape index (κ1) is 18.6. The monoisotopic (exact) mass is 386 g/mol. The lowest BCUT2D eigenvalue weighted by Gasteiger charge is -2.63. The zero-order valence-corrected chi connectivity index (χ0v) is 17.2. The molecule has 6 nitrogen and oxygen atoms in total. The first-order chi connectivity index (χ1) is 13.7. The number of carbonyl (C=O) groups excluding carboxylic acids is 1. The summed E-state index contributed by atoms with van der Waals surface area (Å²) in [4.78, 5) is 17.5. The van der Waals surface area contributed by atoms with Crippen LogP contribution in [-0.2, 0) is 11.8 Å². The number of amides is 1. The van der Waals surface area contributed by atoms with Crippen LogP contribution in [0, 0.1) is 5.92 Å². The topological polar surface area (TPSA) is 50.6 Å². The molecule has 6 heteroatoms. The molecule has 2 aliphatic carbocycles. The highest BCUT2D eigenvalue weighted by Gasteiger charge is 2.56. The number of piperidine rings is 1. The highest BCUT2D eigenvalue weighted by molar-refractivity contribution is 5.93.